The normalized spacial score (nSPS) is 13.2. The number of alkyl halides is 3. The highest BCUT2D eigenvalue weighted by molar-refractivity contribution is 6.00. The van der Waals surface area contributed by atoms with Crippen LogP contribution in [0.4, 0.5) is 35.0 Å². The Morgan fingerprint density at radius 2 is 1.34 bits per heavy atom. The molecule has 0 radical (unpaired) electrons. The zero-order valence-corrected chi connectivity index (χ0v) is 31.1. The number of nitrogens with one attached hydrogen (secondary N) is 2. The number of nitrogens with zero attached hydrogens (tertiary/aromatic N) is 10. The maximum atomic E-state index is 13.6. The Labute approximate surface area is 333 Å². The van der Waals surface area contributed by atoms with Crippen LogP contribution in [0.15, 0.2) is 113 Å². The molecule has 0 unspecified atom stereocenters. The molecule has 18 nitrogen and oxygen atoms in total. The Kier molecular flexibility index (Phi) is 12.2. The summed E-state index contributed by atoms with van der Waals surface area (Å²) < 4.78 is 62.3. The van der Waals surface area contributed by atoms with Crippen molar-refractivity contribution in [1.82, 2.24) is 50.1 Å². The summed E-state index contributed by atoms with van der Waals surface area (Å²) in [5, 5.41) is 19.9. The van der Waals surface area contributed by atoms with Crippen LogP contribution >= 0.6 is 0 Å². The molecule has 4 aromatic heterocycles. The summed E-state index contributed by atoms with van der Waals surface area (Å²) in [6, 6.07) is 19.5. The van der Waals surface area contributed by atoms with Crippen LogP contribution in [0.5, 0.6) is 23.3 Å². The Hall–Kier alpha value is -7.52. The van der Waals surface area contributed by atoms with Crippen LogP contribution < -0.4 is 25.8 Å². The van der Waals surface area contributed by atoms with Gasteiger partial charge < -0.3 is 39.6 Å². The van der Waals surface area contributed by atoms with Gasteiger partial charge in [-0.3, -0.25) is 4.90 Å². The minimum absolute atomic E-state index is 0.0402. The lowest BCUT2D eigenvalue weighted by atomic mass is 10.1. The molecular formula is C38H34F3N13O5. The first-order valence-electron chi connectivity index (χ1n) is 17.7. The molecule has 0 atom stereocenters. The Morgan fingerprint density at radius 1 is 0.746 bits per heavy atom. The molecule has 2 amide bonds. The molecule has 3 aromatic carbocycles. The molecule has 0 saturated carbocycles. The van der Waals surface area contributed by atoms with Gasteiger partial charge in [-0.25, -0.2) is 24.7 Å². The molecule has 7 aromatic rings. The summed E-state index contributed by atoms with van der Waals surface area (Å²) in [5.41, 5.74) is 7.18. The first-order chi connectivity index (χ1) is 28.5. The van der Waals surface area contributed by atoms with E-state index < -0.39 is 17.8 Å². The van der Waals surface area contributed by atoms with Gasteiger partial charge in [0.1, 0.15) is 35.5 Å². The molecule has 4 N–H and O–H groups in total. The zero-order valence-electron chi connectivity index (χ0n) is 31.1. The summed E-state index contributed by atoms with van der Waals surface area (Å²) in [5.74, 6) is 2.01. The Balaban J connectivity index is 0.000000231. The number of nitrogens with two attached hydrogens (primary N) is 1. The second-order valence-electron chi connectivity index (χ2n) is 12.9. The van der Waals surface area contributed by atoms with E-state index >= 15 is 0 Å². The van der Waals surface area contributed by atoms with E-state index in [0.29, 0.717) is 58.1 Å². The number of urea groups is 1. The van der Waals surface area contributed by atoms with Crippen molar-refractivity contribution in [2.45, 2.75) is 12.7 Å². The number of nitrogen functional groups attached to an aromatic ring is 1. The molecule has 8 rings (SSSR count). The quantitative estimate of drug-likeness (QED) is 0.123. The molecule has 0 bridgehead atoms. The average Bonchev–Trinajstić information content (AvgIpc) is 3.96. The number of hydrogen-bond acceptors (Lipinski definition) is 16. The van der Waals surface area contributed by atoms with Gasteiger partial charge in [-0.1, -0.05) is 12.1 Å². The van der Waals surface area contributed by atoms with Crippen LogP contribution in [0.2, 0.25) is 0 Å². The van der Waals surface area contributed by atoms with Gasteiger partial charge in [0.05, 0.1) is 5.56 Å². The molecule has 5 heterocycles. The van der Waals surface area contributed by atoms with Gasteiger partial charge in [-0.05, 0) is 55.1 Å². The predicted octanol–water partition coefficient (Wildman–Crippen LogP) is 6.63. The van der Waals surface area contributed by atoms with Crippen molar-refractivity contribution >= 4 is 23.1 Å². The number of likely N-dealkylation sites (N-methyl/N-ethyl adjacent to an activating group) is 1. The van der Waals surface area contributed by atoms with Gasteiger partial charge in [-0.2, -0.15) is 13.2 Å². The van der Waals surface area contributed by atoms with E-state index in [2.05, 4.69) is 60.8 Å². The molecule has 0 aliphatic carbocycles. The summed E-state index contributed by atoms with van der Waals surface area (Å²) in [6.07, 6.45) is 0.488. The highest BCUT2D eigenvalue weighted by Crippen LogP contribution is 2.33. The van der Waals surface area contributed by atoms with Gasteiger partial charge >= 0.3 is 12.2 Å². The van der Waals surface area contributed by atoms with Crippen molar-refractivity contribution in [2.24, 2.45) is 0 Å². The number of halogens is 3. The van der Waals surface area contributed by atoms with E-state index in [0.717, 1.165) is 38.3 Å². The third kappa shape index (κ3) is 11.3. The molecule has 302 valence electrons. The van der Waals surface area contributed by atoms with Gasteiger partial charge in [0, 0.05) is 74.1 Å². The number of amides is 2. The molecule has 1 saturated heterocycles. The lowest BCUT2D eigenvalue weighted by Crippen LogP contribution is -2.43. The van der Waals surface area contributed by atoms with Crippen LogP contribution in [-0.2, 0) is 12.7 Å². The van der Waals surface area contributed by atoms with Crippen molar-refractivity contribution in [3.8, 4) is 46.4 Å². The van der Waals surface area contributed by atoms with E-state index in [9.17, 15) is 18.0 Å². The van der Waals surface area contributed by atoms with E-state index in [-0.39, 0.29) is 17.5 Å². The number of benzene rings is 3. The van der Waals surface area contributed by atoms with E-state index in [4.69, 9.17) is 24.0 Å². The van der Waals surface area contributed by atoms with Crippen molar-refractivity contribution in [3.63, 3.8) is 0 Å². The van der Waals surface area contributed by atoms with Crippen LogP contribution in [0.3, 0.4) is 0 Å². The van der Waals surface area contributed by atoms with Gasteiger partial charge in [0.25, 0.3) is 11.8 Å². The standard InChI is InChI=1S/C26H25F3N8O3.C12H9N5O2/c1-36-5-7-37(8-6-36)14-17-9-18(26(27,28)29)11-20(10-17)34-25(38)33-19-3-2-4-21(12-19)40-23-13-22(30-15-31-23)24-35-32-16-39-24;13-8-2-1-3-9(4-8)19-11-5-10(14-6-15-11)12-17-16-7-18-12/h2-4,9-13,15-16H,5-8,14H2,1H3,(H2,33,34,38);1-7H,13H2. The lowest BCUT2D eigenvalue weighted by Gasteiger charge is -2.32. The third-order valence-corrected chi connectivity index (χ3v) is 8.42. The highest BCUT2D eigenvalue weighted by atomic mass is 19.4. The van der Waals surface area contributed by atoms with Crippen LogP contribution in [0, 0.1) is 0 Å². The highest BCUT2D eigenvalue weighted by Gasteiger charge is 2.31. The molecule has 21 heteroatoms. The Bertz CT molecular complexity index is 2460. The van der Waals surface area contributed by atoms with Crippen molar-refractivity contribution in [2.75, 3.05) is 49.6 Å². The number of carbonyl (C=O) groups excluding carboxylic acids is 1. The topological polar surface area (TPSA) is 221 Å². The first-order valence-corrected chi connectivity index (χ1v) is 17.7. The van der Waals surface area contributed by atoms with Crippen molar-refractivity contribution < 1.29 is 36.3 Å². The molecular weight excluding hydrogens is 775 g/mol. The lowest BCUT2D eigenvalue weighted by molar-refractivity contribution is -0.137. The van der Waals surface area contributed by atoms with Gasteiger partial charge in [-0.15, -0.1) is 20.4 Å². The number of hydrogen-bond donors (Lipinski definition) is 3. The molecule has 0 spiro atoms. The third-order valence-electron chi connectivity index (χ3n) is 8.42. The number of carbonyl (C=O) groups is 1. The second kappa shape index (κ2) is 18.2. The number of rotatable bonds is 10. The van der Waals surface area contributed by atoms with E-state index in [1.807, 2.05) is 7.05 Å². The number of aromatic nitrogens is 8. The molecule has 59 heavy (non-hydrogen) atoms. The van der Waals surface area contributed by atoms with Gasteiger partial charge in [0.2, 0.25) is 24.5 Å². The molecule has 1 aliphatic rings. The predicted molar refractivity (Wildman–Crippen MR) is 205 cm³/mol. The van der Waals surface area contributed by atoms with Crippen LogP contribution in [0.1, 0.15) is 11.1 Å². The van der Waals surface area contributed by atoms with Crippen molar-refractivity contribution in [1.29, 1.82) is 0 Å². The minimum atomic E-state index is -4.55. The van der Waals surface area contributed by atoms with Crippen LogP contribution in [-0.4, -0.2) is 89.4 Å². The smallest absolute Gasteiger partial charge is 0.416 e. The summed E-state index contributed by atoms with van der Waals surface area (Å²) in [4.78, 5) is 33.1. The SMILES string of the molecule is CN1CCN(Cc2cc(NC(=O)Nc3cccc(Oc4cc(-c5nnco5)ncn4)c3)cc(C(F)(F)F)c2)CC1.Nc1cccc(Oc2cc(-c3nnco3)ncn2)c1. The number of ether oxygens (including phenoxy) is 2. The van der Waals surface area contributed by atoms with Gasteiger partial charge in [0.15, 0.2) is 0 Å². The minimum Gasteiger partial charge on any atom is -0.439 e. The Morgan fingerprint density at radius 3 is 1.92 bits per heavy atom. The first kappa shape index (κ1) is 39.7. The summed E-state index contributed by atoms with van der Waals surface area (Å²) in [6.45, 7) is 3.53. The van der Waals surface area contributed by atoms with E-state index in [1.54, 1.807) is 60.7 Å². The summed E-state index contributed by atoms with van der Waals surface area (Å²) in [7, 11) is 2.01. The summed E-state index contributed by atoms with van der Waals surface area (Å²) >= 11 is 0. The average molecular weight is 810 g/mol. The molecule has 1 fully saturated rings. The maximum Gasteiger partial charge on any atom is 0.416 e. The van der Waals surface area contributed by atoms with E-state index in [1.165, 1.54) is 31.5 Å². The number of piperazine rings is 1. The fourth-order valence-corrected chi connectivity index (χ4v) is 5.63. The fourth-order valence-electron chi connectivity index (χ4n) is 5.63. The second-order valence-corrected chi connectivity index (χ2v) is 12.9. The monoisotopic (exact) mass is 809 g/mol. The molecule has 1 aliphatic heterocycles. The zero-order chi connectivity index (χ0) is 41.2. The van der Waals surface area contributed by atoms with Crippen LogP contribution in [0.25, 0.3) is 23.2 Å². The van der Waals surface area contributed by atoms with Crippen molar-refractivity contribution in [3.05, 3.63) is 115 Å². The number of anilines is 3. The fraction of sp³-hybridized carbons (Fsp3) is 0.184. The largest absolute Gasteiger partial charge is 0.439 e. The maximum absolute atomic E-state index is 13.6.